The molecule has 0 saturated carbocycles. The van der Waals surface area contributed by atoms with Crippen LogP contribution in [0.2, 0.25) is 0 Å². The molecule has 1 saturated heterocycles. The molecule has 0 aliphatic carbocycles. The molecule has 0 bridgehead atoms. The van der Waals surface area contributed by atoms with Crippen LogP contribution in [0.25, 0.3) is 0 Å². The van der Waals surface area contributed by atoms with E-state index in [-0.39, 0.29) is 24.0 Å². The van der Waals surface area contributed by atoms with Crippen LogP contribution in [-0.4, -0.2) is 34.2 Å². The Morgan fingerprint density at radius 2 is 1.97 bits per heavy atom. The lowest BCUT2D eigenvalue weighted by Gasteiger charge is -2.23. The van der Waals surface area contributed by atoms with Crippen LogP contribution in [0.5, 0.6) is 11.5 Å². The molecular weight excluding hydrogens is 423 g/mol. The summed E-state index contributed by atoms with van der Waals surface area (Å²) < 4.78 is 25.2. The fourth-order valence-electron chi connectivity index (χ4n) is 3.75. The molecule has 164 valence electrons. The molecule has 1 atom stereocenters. The molecule has 1 unspecified atom stereocenters. The van der Waals surface area contributed by atoms with Gasteiger partial charge in [-0.1, -0.05) is 22.4 Å². The lowest BCUT2D eigenvalue weighted by molar-refractivity contribution is 0.0725. The Morgan fingerprint density at radius 1 is 1.23 bits per heavy atom. The Kier molecular flexibility index (Phi) is 7.25. The van der Waals surface area contributed by atoms with Crippen LogP contribution in [0.1, 0.15) is 46.2 Å². The van der Waals surface area contributed by atoms with Gasteiger partial charge in [0.2, 0.25) is 0 Å². The molecule has 2 N–H and O–H groups in total. The summed E-state index contributed by atoms with van der Waals surface area (Å²) in [4.78, 5) is 14.8. The summed E-state index contributed by atoms with van der Waals surface area (Å²) in [6.07, 6.45) is 2.32. The monoisotopic (exact) mass is 446 g/mol. The summed E-state index contributed by atoms with van der Waals surface area (Å²) in [6, 6.07) is 11.4. The smallest absolute Gasteiger partial charge is 0.257 e. The first-order valence-corrected chi connectivity index (χ1v) is 9.93. The number of likely N-dealkylation sites (tertiary alicyclic amines) is 1. The second-order valence-electron chi connectivity index (χ2n) is 7.32. The number of ether oxygens (including phenoxy) is 1. The summed E-state index contributed by atoms with van der Waals surface area (Å²) in [5, 5.41) is 7.73. The second-order valence-corrected chi connectivity index (χ2v) is 7.32. The van der Waals surface area contributed by atoms with Crippen LogP contribution >= 0.6 is 12.4 Å². The van der Waals surface area contributed by atoms with Crippen molar-refractivity contribution in [1.82, 2.24) is 15.2 Å². The molecule has 1 aliphatic rings. The molecule has 31 heavy (non-hydrogen) atoms. The number of carbonyl (C=O) groups is 1. The molecular formula is C22H24ClFN4O3. The Bertz CT molecular complexity index is 1040. The summed E-state index contributed by atoms with van der Waals surface area (Å²) >= 11 is 0. The number of nitrogens with zero attached hydrogens (tertiary/aromatic N) is 3. The number of amides is 1. The van der Waals surface area contributed by atoms with Crippen molar-refractivity contribution in [2.75, 3.05) is 13.1 Å². The van der Waals surface area contributed by atoms with E-state index in [2.05, 4.69) is 10.3 Å². The van der Waals surface area contributed by atoms with Crippen molar-refractivity contribution in [3.63, 3.8) is 0 Å². The fraction of sp³-hybridized carbons (Fsp3) is 0.318. The number of aryl methyl sites for hydroxylation is 1. The Balaban J connectivity index is 0.00000272. The van der Waals surface area contributed by atoms with E-state index < -0.39 is 11.7 Å². The third-order valence-electron chi connectivity index (χ3n) is 5.28. The SMILES string of the molecule is Cc1nonc1C1CCCN1C(=O)c1cc(Oc2ccc(CCN)cc2)ccc1F.Cl. The van der Waals surface area contributed by atoms with E-state index in [0.717, 1.165) is 24.8 Å². The van der Waals surface area contributed by atoms with E-state index in [0.29, 0.717) is 36.0 Å². The summed E-state index contributed by atoms with van der Waals surface area (Å²) in [5.74, 6) is -0.00193. The maximum Gasteiger partial charge on any atom is 0.257 e. The van der Waals surface area contributed by atoms with Crippen LogP contribution in [0.15, 0.2) is 47.1 Å². The molecule has 9 heteroatoms. The van der Waals surface area contributed by atoms with Gasteiger partial charge in [0.05, 0.1) is 11.6 Å². The quantitative estimate of drug-likeness (QED) is 0.609. The Morgan fingerprint density at radius 3 is 2.65 bits per heavy atom. The van der Waals surface area contributed by atoms with Gasteiger partial charge in [0.25, 0.3) is 5.91 Å². The summed E-state index contributed by atoms with van der Waals surface area (Å²) in [5.41, 5.74) is 7.89. The topological polar surface area (TPSA) is 94.5 Å². The minimum absolute atomic E-state index is 0. The van der Waals surface area contributed by atoms with Crippen molar-refractivity contribution in [3.05, 3.63) is 70.8 Å². The molecule has 1 aliphatic heterocycles. The number of hydrogen-bond acceptors (Lipinski definition) is 6. The first-order chi connectivity index (χ1) is 14.6. The highest BCUT2D eigenvalue weighted by atomic mass is 35.5. The number of benzene rings is 2. The van der Waals surface area contributed by atoms with Crippen molar-refractivity contribution in [2.45, 2.75) is 32.2 Å². The van der Waals surface area contributed by atoms with E-state index in [9.17, 15) is 9.18 Å². The second kappa shape index (κ2) is 9.89. The van der Waals surface area contributed by atoms with E-state index in [1.165, 1.54) is 18.2 Å². The normalized spacial score (nSPS) is 15.6. The lowest BCUT2D eigenvalue weighted by atomic mass is 10.1. The van der Waals surface area contributed by atoms with Crippen molar-refractivity contribution >= 4 is 18.3 Å². The predicted molar refractivity (Wildman–Crippen MR) is 115 cm³/mol. The number of hydrogen-bond donors (Lipinski definition) is 1. The summed E-state index contributed by atoms with van der Waals surface area (Å²) in [7, 11) is 0. The van der Waals surface area contributed by atoms with Crippen LogP contribution in [0.4, 0.5) is 4.39 Å². The Labute approximate surface area is 185 Å². The third-order valence-corrected chi connectivity index (χ3v) is 5.28. The van der Waals surface area contributed by atoms with Gasteiger partial charge in [0, 0.05) is 6.54 Å². The molecule has 1 amide bonds. The number of aromatic nitrogens is 2. The van der Waals surface area contributed by atoms with Gasteiger partial charge < -0.3 is 15.4 Å². The van der Waals surface area contributed by atoms with Crippen molar-refractivity contribution in [1.29, 1.82) is 0 Å². The zero-order chi connectivity index (χ0) is 21.1. The number of nitrogens with two attached hydrogens (primary N) is 1. The van der Waals surface area contributed by atoms with Gasteiger partial charge in [-0.05, 0) is 68.6 Å². The van der Waals surface area contributed by atoms with Gasteiger partial charge in [-0.2, -0.15) is 0 Å². The highest BCUT2D eigenvalue weighted by molar-refractivity contribution is 5.95. The molecule has 1 aromatic heterocycles. The van der Waals surface area contributed by atoms with Crippen LogP contribution < -0.4 is 10.5 Å². The van der Waals surface area contributed by atoms with E-state index in [1.54, 1.807) is 11.8 Å². The largest absolute Gasteiger partial charge is 0.457 e. The average molecular weight is 447 g/mol. The van der Waals surface area contributed by atoms with Crippen LogP contribution in [0.3, 0.4) is 0 Å². The van der Waals surface area contributed by atoms with Gasteiger partial charge in [-0.25, -0.2) is 9.02 Å². The summed E-state index contributed by atoms with van der Waals surface area (Å²) in [6.45, 7) is 2.87. The number of carbonyl (C=O) groups excluding carboxylic acids is 1. The minimum Gasteiger partial charge on any atom is -0.457 e. The van der Waals surface area contributed by atoms with Gasteiger partial charge in [-0.3, -0.25) is 4.79 Å². The molecule has 2 aromatic carbocycles. The van der Waals surface area contributed by atoms with Crippen molar-refractivity contribution < 1.29 is 18.6 Å². The zero-order valence-electron chi connectivity index (χ0n) is 17.1. The fourth-order valence-corrected chi connectivity index (χ4v) is 3.75. The van der Waals surface area contributed by atoms with Gasteiger partial charge in [-0.15, -0.1) is 12.4 Å². The molecule has 0 spiro atoms. The van der Waals surface area contributed by atoms with Gasteiger partial charge >= 0.3 is 0 Å². The third kappa shape index (κ3) is 4.86. The molecule has 1 fully saturated rings. The first kappa shape index (κ1) is 22.7. The number of rotatable bonds is 6. The predicted octanol–water partition coefficient (Wildman–Crippen LogP) is 4.21. The first-order valence-electron chi connectivity index (χ1n) is 9.93. The standard InChI is InChI=1S/C22H23FN4O3.ClH/c1-14-21(26-30-25-14)20-3-2-12-27(20)22(28)18-13-17(8-9-19(18)23)29-16-6-4-15(5-7-16)10-11-24;/h4-9,13,20H,2-3,10-12,24H2,1H3;1H. The maximum atomic E-state index is 14.5. The Hall–Kier alpha value is -2.97. The minimum atomic E-state index is -0.591. The zero-order valence-corrected chi connectivity index (χ0v) is 17.9. The van der Waals surface area contributed by atoms with E-state index >= 15 is 0 Å². The number of halogens is 2. The maximum absolute atomic E-state index is 14.5. The lowest BCUT2D eigenvalue weighted by Crippen LogP contribution is -2.31. The highest BCUT2D eigenvalue weighted by Gasteiger charge is 2.35. The van der Waals surface area contributed by atoms with Gasteiger partial charge in [0.15, 0.2) is 0 Å². The van der Waals surface area contributed by atoms with Crippen molar-refractivity contribution in [2.24, 2.45) is 5.73 Å². The van der Waals surface area contributed by atoms with E-state index in [4.69, 9.17) is 15.1 Å². The average Bonchev–Trinajstić information content (AvgIpc) is 3.39. The van der Waals surface area contributed by atoms with Crippen molar-refractivity contribution in [3.8, 4) is 11.5 Å². The molecule has 2 heterocycles. The molecule has 7 nitrogen and oxygen atoms in total. The molecule has 4 rings (SSSR count). The van der Waals surface area contributed by atoms with Crippen LogP contribution in [-0.2, 0) is 6.42 Å². The molecule has 3 aromatic rings. The van der Waals surface area contributed by atoms with Crippen LogP contribution in [0, 0.1) is 12.7 Å². The van der Waals surface area contributed by atoms with Gasteiger partial charge in [0.1, 0.15) is 28.7 Å². The van der Waals surface area contributed by atoms with E-state index in [1.807, 2.05) is 24.3 Å². The highest BCUT2D eigenvalue weighted by Crippen LogP contribution is 2.34. The molecule has 0 radical (unpaired) electrons.